The Kier molecular flexibility index (Phi) is 2.89. The monoisotopic (exact) mass is 256 g/mol. The van der Waals surface area contributed by atoms with Crippen molar-refractivity contribution in [3.63, 3.8) is 0 Å². The molecule has 5 heteroatoms. The Morgan fingerprint density at radius 3 is 1.73 bits per heavy atom. The molecule has 15 heavy (non-hydrogen) atoms. The van der Waals surface area contributed by atoms with E-state index in [9.17, 15) is 0 Å². The van der Waals surface area contributed by atoms with Gasteiger partial charge >= 0.3 is 0 Å². The van der Waals surface area contributed by atoms with Crippen molar-refractivity contribution in [2.45, 2.75) is 12.8 Å². The van der Waals surface area contributed by atoms with E-state index >= 15 is 0 Å². The van der Waals surface area contributed by atoms with E-state index in [0.717, 1.165) is 11.1 Å². The lowest BCUT2D eigenvalue weighted by atomic mass is 9.79. The van der Waals surface area contributed by atoms with Crippen LogP contribution in [0.4, 0.5) is 0 Å². The molecule has 1 aromatic rings. The molecule has 0 amide bonds. The lowest BCUT2D eigenvalue weighted by molar-refractivity contribution is 0.463. The fraction of sp³-hybridized carbons (Fsp3) is 0.400. The van der Waals surface area contributed by atoms with E-state index in [1.54, 1.807) is 0 Å². The van der Waals surface area contributed by atoms with Gasteiger partial charge in [-0.2, -0.15) is 10.5 Å². The highest BCUT2D eigenvalue weighted by Gasteiger charge is 2.32. The predicted octanol–water partition coefficient (Wildman–Crippen LogP) is 3.43. The number of halogens is 2. The van der Waals surface area contributed by atoms with Crippen molar-refractivity contribution in [1.29, 1.82) is 10.5 Å². The van der Waals surface area contributed by atoms with Gasteiger partial charge in [-0.15, -0.1) is 11.3 Å². The van der Waals surface area contributed by atoms with Crippen molar-refractivity contribution in [1.82, 2.24) is 0 Å². The second-order valence-electron chi connectivity index (χ2n) is 3.49. The largest absolute Gasteiger partial charge is 0.198 e. The zero-order valence-corrected chi connectivity index (χ0v) is 9.96. The normalized spacial score (nSPS) is 24.0. The maximum atomic E-state index is 8.94. The topological polar surface area (TPSA) is 47.6 Å². The molecule has 1 heterocycles. The van der Waals surface area contributed by atoms with Crippen LogP contribution in [0.1, 0.15) is 11.1 Å². The summed E-state index contributed by atoms with van der Waals surface area (Å²) < 4.78 is 1.32. The number of nitriles is 2. The molecular weight excluding hydrogens is 251 g/mol. The number of hydrogen-bond donors (Lipinski definition) is 0. The summed E-state index contributed by atoms with van der Waals surface area (Å²) >= 11 is 13.4. The molecule has 2 atom stereocenters. The third kappa shape index (κ3) is 1.72. The van der Waals surface area contributed by atoms with Crippen LogP contribution in [0.5, 0.6) is 0 Å². The maximum absolute atomic E-state index is 8.94. The minimum Gasteiger partial charge on any atom is -0.198 e. The van der Waals surface area contributed by atoms with E-state index in [1.807, 2.05) is 0 Å². The minimum absolute atomic E-state index is 0.259. The van der Waals surface area contributed by atoms with E-state index in [4.69, 9.17) is 33.7 Å². The molecule has 76 valence electrons. The van der Waals surface area contributed by atoms with Crippen LogP contribution in [0, 0.1) is 34.5 Å². The lowest BCUT2D eigenvalue weighted by Crippen LogP contribution is -2.22. The number of nitrogens with zero attached hydrogens (tertiary/aromatic N) is 2. The first kappa shape index (κ1) is 10.8. The quantitative estimate of drug-likeness (QED) is 0.714. The first-order chi connectivity index (χ1) is 7.17. The third-order valence-corrected chi connectivity index (χ3v) is 4.45. The van der Waals surface area contributed by atoms with Crippen molar-refractivity contribution in [3.05, 3.63) is 19.8 Å². The molecule has 0 bridgehead atoms. The van der Waals surface area contributed by atoms with E-state index in [-0.39, 0.29) is 11.8 Å². The minimum atomic E-state index is -0.259. The molecule has 0 radical (unpaired) electrons. The molecular formula is C10H6Cl2N2S. The molecule has 1 aromatic heterocycles. The Hall–Kier alpha value is -0.740. The van der Waals surface area contributed by atoms with Crippen LogP contribution in [0.25, 0.3) is 0 Å². The molecule has 2 rings (SSSR count). The fourth-order valence-electron chi connectivity index (χ4n) is 1.84. The number of fused-ring (bicyclic) bond motifs is 1. The zero-order chi connectivity index (χ0) is 11.0. The zero-order valence-electron chi connectivity index (χ0n) is 7.63. The second-order valence-corrected chi connectivity index (χ2v) is 5.71. The average molecular weight is 257 g/mol. The maximum Gasteiger partial charge on any atom is 0.0979 e. The summed E-state index contributed by atoms with van der Waals surface area (Å²) in [5.41, 5.74) is 1.93. The number of hydrogen-bond acceptors (Lipinski definition) is 3. The number of thiophene rings is 1. The number of rotatable bonds is 0. The van der Waals surface area contributed by atoms with Crippen LogP contribution in [0.3, 0.4) is 0 Å². The highest BCUT2D eigenvalue weighted by atomic mass is 35.5. The Labute approximate surface area is 102 Å². The van der Waals surface area contributed by atoms with Crippen LogP contribution >= 0.6 is 34.5 Å². The fourth-order valence-corrected chi connectivity index (χ4v) is 3.62. The molecule has 0 aromatic carbocycles. The van der Waals surface area contributed by atoms with Crippen molar-refractivity contribution in [2.24, 2.45) is 11.8 Å². The van der Waals surface area contributed by atoms with Gasteiger partial charge in [0.1, 0.15) is 0 Å². The second kappa shape index (κ2) is 4.02. The first-order valence-corrected chi connectivity index (χ1v) is 5.99. The smallest absolute Gasteiger partial charge is 0.0979 e. The highest BCUT2D eigenvalue weighted by Crippen LogP contribution is 2.43. The highest BCUT2D eigenvalue weighted by molar-refractivity contribution is 7.20. The van der Waals surface area contributed by atoms with E-state index < -0.39 is 0 Å². The summed E-state index contributed by atoms with van der Waals surface area (Å²) in [6.45, 7) is 0. The average Bonchev–Trinajstić information content (AvgIpc) is 2.52. The molecule has 1 aliphatic rings. The van der Waals surface area contributed by atoms with E-state index in [0.29, 0.717) is 21.5 Å². The summed E-state index contributed by atoms with van der Waals surface area (Å²) in [7, 11) is 0. The van der Waals surface area contributed by atoms with Gasteiger partial charge in [0, 0.05) is 0 Å². The van der Waals surface area contributed by atoms with Gasteiger partial charge in [-0.05, 0) is 24.0 Å². The SMILES string of the molecule is N#C[C@@H]1Cc2c(Cl)sc(Cl)c2C[C@H]1C#N. The van der Waals surface area contributed by atoms with Crippen LogP contribution in [-0.2, 0) is 12.8 Å². The van der Waals surface area contributed by atoms with Gasteiger partial charge in [-0.25, -0.2) is 0 Å². The molecule has 0 saturated heterocycles. The molecule has 0 spiro atoms. The van der Waals surface area contributed by atoms with Gasteiger partial charge in [0.2, 0.25) is 0 Å². The molecule has 1 aliphatic carbocycles. The Morgan fingerprint density at radius 2 is 1.40 bits per heavy atom. The molecule has 0 saturated carbocycles. The standard InChI is InChI=1S/C10H6Cl2N2S/c11-9-7-1-5(3-13)6(4-14)2-8(7)10(12)15-9/h5-6H,1-2H2/t5-,6-/m0/s1. The molecule has 2 nitrogen and oxygen atoms in total. The predicted molar refractivity (Wildman–Crippen MR) is 60.0 cm³/mol. The Bertz CT molecular complexity index is 438. The summed E-state index contributed by atoms with van der Waals surface area (Å²) in [6.07, 6.45) is 1.10. The van der Waals surface area contributed by atoms with Crippen LogP contribution < -0.4 is 0 Å². The van der Waals surface area contributed by atoms with Gasteiger partial charge in [0.25, 0.3) is 0 Å². The summed E-state index contributed by atoms with van der Waals surface area (Å²) in [5.74, 6) is -0.517. The summed E-state index contributed by atoms with van der Waals surface area (Å²) in [6, 6.07) is 4.33. The summed E-state index contributed by atoms with van der Waals surface area (Å²) in [5, 5.41) is 17.9. The van der Waals surface area contributed by atoms with Crippen LogP contribution in [0.15, 0.2) is 0 Å². The Morgan fingerprint density at radius 1 is 1.00 bits per heavy atom. The van der Waals surface area contributed by atoms with Crippen molar-refractivity contribution in [3.8, 4) is 12.1 Å². The van der Waals surface area contributed by atoms with Gasteiger partial charge in [0.05, 0.1) is 32.6 Å². The van der Waals surface area contributed by atoms with Gasteiger partial charge < -0.3 is 0 Å². The third-order valence-electron chi connectivity index (χ3n) is 2.68. The molecule has 0 aliphatic heterocycles. The van der Waals surface area contributed by atoms with E-state index in [1.165, 1.54) is 11.3 Å². The Balaban J connectivity index is 2.45. The van der Waals surface area contributed by atoms with Gasteiger partial charge in [0.15, 0.2) is 0 Å². The lowest BCUT2D eigenvalue weighted by Gasteiger charge is -2.21. The van der Waals surface area contributed by atoms with E-state index in [2.05, 4.69) is 12.1 Å². The molecule has 0 N–H and O–H groups in total. The van der Waals surface area contributed by atoms with Crippen molar-refractivity contribution < 1.29 is 0 Å². The van der Waals surface area contributed by atoms with Gasteiger partial charge in [-0.3, -0.25) is 0 Å². The molecule has 0 fully saturated rings. The summed E-state index contributed by atoms with van der Waals surface area (Å²) in [4.78, 5) is 0. The van der Waals surface area contributed by atoms with Crippen molar-refractivity contribution in [2.75, 3.05) is 0 Å². The van der Waals surface area contributed by atoms with Crippen molar-refractivity contribution >= 4 is 34.5 Å². The first-order valence-electron chi connectivity index (χ1n) is 4.42. The van der Waals surface area contributed by atoms with Crippen LogP contribution in [-0.4, -0.2) is 0 Å². The molecule has 0 unspecified atom stereocenters. The van der Waals surface area contributed by atoms with Crippen LogP contribution in [0.2, 0.25) is 8.67 Å². The van der Waals surface area contributed by atoms with Gasteiger partial charge in [-0.1, -0.05) is 23.2 Å².